The summed E-state index contributed by atoms with van der Waals surface area (Å²) >= 11 is 0. The second kappa shape index (κ2) is 4.04. The van der Waals surface area contributed by atoms with Crippen LogP contribution in [0.15, 0.2) is 11.1 Å². The molecule has 0 unspecified atom stereocenters. The molecule has 0 bridgehead atoms. The van der Waals surface area contributed by atoms with Gasteiger partial charge in [-0.25, -0.2) is 4.98 Å². The fraction of sp³-hybridized carbons (Fsp3) is 0. The summed E-state index contributed by atoms with van der Waals surface area (Å²) in [4.78, 5) is 31.9. The zero-order valence-electron chi connectivity index (χ0n) is 7.17. The Balaban J connectivity index is 0.000000245. The highest BCUT2D eigenvalue weighted by molar-refractivity contribution is 5.69. The van der Waals surface area contributed by atoms with E-state index in [1.165, 1.54) is 6.33 Å². The molecule has 0 fully saturated rings. The van der Waals surface area contributed by atoms with E-state index in [9.17, 15) is 4.79 Å². The topological polar surface area (TPSA) is 164 Å². The van der Waals surface area contributed by atoms with Crippen LogP contribution >= 0.6 is 0 Å². The molecule has 10 nitrogen and oxygen atoms in total. The molecule has 0 aliphatic rings. The molecule has 10 heteroatoms. The second-order valence-electron chi connectivity index (χ2n) is 2.29. The molecule has 2 aromatic heterocycles. The van der Waals surface area contributed by atoms with Crippen molar-refractivity contribution in [2.75, 3.05) is 5.73 Å². The average Bonchev–Trinajstić information content (AvgIpc) is 2.50. The third-order valence-electron chi connectivity index (χ3n) is 1.31. The van der Waals surface area contributed by atoms with Crippen molar-refractivity contribution in [1.29, 1.82) is 0 Å². The summed E-state index contributed by atoms with van der Waals surface area (Å²) in [5.41, 5.74) is 5.65. The Morgan fingerprint density at radius 3 is 2.80 bits per heavy atom. The van der Waals surface area contributed by atoms with E-state index < -0.39 is 5.09 Å². The van der Waals surface area contributed by atoms with Gasteiger partial charge in [-0.1, -0.05) is 0 Å². The molecule has 0 saturated carbocycles. The molecule has 2 rings (SSSR count). The maximum absolute atomic E-state index is 11.0. The molecule has 0 saturated heterocycles. The first-order chi connectivity index (χ1) is 7.00. The Morgan fingerprint density at radius 1 is 1.60 bits per heavy atom. The van der Waals surface area contributed by atoms with Gasteiger partial charge in [0.1, 0.15) is 0 Å². The maximum Gasteiger partial charge on any atom is 0.291 e. The van der Waals surface area contributed by atoms with Crippen LogP contribution in [0.4, 0.5) is 5.95 Å². The van der Waals surface area contributed by atoms with Gasteiger partial charge in [0.25, 0.3) is 10.6 Å². The molecular formula is C5H6N6O4. The lowest BCUT2D eigenvalue weighted by atomic mass is 10.5. The lowest BCUT2D eigenvalue weighted by Crippen LogP contribution is -2.10. The molecule has 0 spiro atoms. The van der Waals surface area contributed by atoms with Gasteiger partial charge in [0.2, 0.25) is 5.95 Å². The number of nitrogens with one attached hydrogen (secondary N) is 2. The van der Waals surface area contributed by atoms with E-state index in [1.54, 1.807) is 0 Å². The molecule has 2 heterocycles. The zero-order chi connectivity index (χ0) is 11.4. The molecule has 5 N–H and O–H groups in total. The molecular weight excluding hydrogens is 208 g/mol. The number of fused-ring (bicyclic) bond motifs is 1. The highest BCUT2D eigenvalue weighted by Gasteiger charge is 2.01. The number of nitrogen functional groups attached to an aromatic ring is 1. The maximum atomic E-state index is 11.0. The Hall–Kier alpha value is -2.65. The molecule has 0 aliphatic heterocycles. The molecule has 80 valence electrons. The van der Waals surface area contributed by atoms with Gasteiger partial charge < -0.3 is 15.9 Å². The smallest absolute Gasteiger partial charge is 0.291 e. The number of nitrogens with zero attached hydrogens (tertiary/aromatic N) is 3. The minimum absolute atomic E-state index is 0.0783. The predicted molar refractivity (Wildman–Crippen MR) is 47.7 cm³/mol. The monoisotopic (exact) mass is 214 g/mol. The quantitative estimate of drug-likeness (QED) is 0.318. The zero-order valence-corrected chi connectivity index (χ0v) is 7.17. The van der Waals surface area contributed by atoms with Crippen LogP contribution in [-0.2, 0) is 0 Å². The van der Waals surface area contributed by atoms with Crippen molar-refractivity contribution in [3.8, 4) is 0 Å². The van der Waals surface area contributed by atoms with Crippen LogP contribution < -0.4 is 11.3 Å². The molecule has 0 radical (unpaired) electrons. The van der Waals surface area contributed by atoms with Crippen LogP contribution in [-0.4, -0.2) is 30.2 Å². The van der Waals surface area contributed by atoms with Crippen molar-refractivity contribution in [2.24, 2.45) is 0 Å². The lowest BCUT2D eigenvalue weighted by molar-refractivity contribution is -0.742. The largest absolute Gasteiger partial charge is 0.369 e. The molecule has 2 aromatic rings. The fourth-order valence-corrected chi connectivity index (χ4v) is 0.860. The Morgan fingerprint density at radius 2 is 2.20 bits per heavy atom. The van der Waals surface area contributed by atoms with Gasteiger partial charge >= 0.3 is 0 Å². The third kappa shape index (κ3) is 2.65. The summed E-state index contributed by atoms with van der Waals surface area (Å²) in [5.74, 6) is 0.0783. The summed E-state index contributed by atoms with van der Waals surface area (Å²) in [6.45, 7) is 0. The minimum atomic E-state index is -1.50. The van der Waals surface area contributed by atoms with Gasteiger partial charge in [0.15, 0.2) is 11.2 Å². The van der Waals surface area contributed by atoms with Gasteiger partial charge in [-0.3, -0.25) is 9.78 Å². The van der Waals surface area contributed by atoms with Crippen LogP contribution in [0.5, 0.6) is 0 Å². The molecule has 15 heavy (non-hydrogen) atoms. The summed E-state index contributed by atoms with van der Waals surface area (Å²) in [6, 6.07) is 0. The summed E-state index contributed by atoms with van der Waals surface area (Å²) in [7, 11) is 0. The van der Waals surface area contributed by atoms with E-state index in [2.05, 4.69) is 19.9 Å². The number of rotatable bonds is 0. The number of nitrogens with two attached hydrogens (primary N) is 1. The number of hydrogen-bond acceptors (Lipinski definition) is 6. The predicted octanol–water partition coefficient (Wildman–Crippen LogP) is -1.12. The number of anilines is 1. The summed E-state index contributed by atoms with van der Waals surface area (Å²) < 4.78 is 0. The van der Waals surface area contributed by atoms with Crippen molar-refractivity contribution in [3.05, 3.63) is 26.8 Å². The van der Waals surface area contributed by atoms with Gasteiger partial charge in [-0.05, 0) is 0 Å². The number of imidazole rings is 1. The van der Waals surface area contributed by atoms with Crippen molar-refractivity contribution in [2.45, 2.75) is 0 Å². The Labute approximate surface area is 80.9 Å². The minimum Gasteiger partial charge on any atom is -0.369 e. The van der Waals surface area contributed by atoms with Crippen LogP contribution in [0.1, 0.15) is 0 Å². The average molecular weight is 214 g/mol. The van der Waals surface area contributed by atoms with Crippen LogP contribution in [0.3, 0.4) is 0 Å². The van der Waals surface area contributed by atoms with Crippen molar-refractivity contribution in [3.63, 3.8) is 0 Å². The number of H-pyrrole nitrogens is 2. The van der Waals surface area contributed by atoms with Gasteiger partial charge in [0.05, 0.1) is 6.33 Å². The molecule has 0 aromatic carbocycles. The van der Waals surface area contributed by atoms with E-state index in [0.717, 1.165) is 0 Å². The normalized spacial score (nSPS) is 9.33. The highest BCUT2D eigenvalue weighted by Crippen LogP contribution is 1.98. The lowest BCUT2D eigenvalue weighted by Gasteiger charge is -1.89. The second-order valence-corrected chi connectivity index (χ2v) is 2.29. The van der Waals surface area contributed by atoms with Crippen LogP contribution in [0, 0.1) is 10.1 Å². The summed E-state index contributed by atoms with van der Waals surface area (Å²) in [6.07, 6.45) is 1.40. The Bertz CT molecular complexity index is 526. The van der Waals surface area contributed by atoms with E-state index >= 15 is 0 Å². The van der Waals surface area contributed by atoms with Crippen LogP contribution in [0.2, 0.25) is 0 Å². The van der Waals surface area contributed by atoms with Gasteiger partial charge in [0, 0.05) is 0 Å². The number of aromatic amines is 2. The van der Waals surface area contributed by atoms with E-state index in [4.69, 9.17) is 21.1 Å². The fourth-order valence-electron chi connectivity index (χ4n) is 0.860. The van der Waals surface area contributed by atoms with E-state index in [0.29, 0.717) is 11.2 Å². The van der Waals surface area contributed by atoms with Crippen molar-refractivity contribution < 1.29 is 10.3 Å². The first-order valence-corrected chi connectivity index (χ1v) is 3.53. The van der Waals surface area contributed by atoms with E-state index in [-0.39, 0.29) is 11.5 Å². The van der Waals surface area contributed by atoms with Gasteiger partial charge in [-0.15, -0.1) is 10.1 Å². The summed E-state index contributed by atoms with van der Waals surface area (Å²) in [5, 5.41) is 13.6. The SMILES string of the molecule is Nc1nc2nc[nH]c2c(=O)[nH]1.O=[N+]([O-])O. The molecule has 0 atom stereocenters. The standard InChI is InChI=1S/C5H5N5O.HNO3/c6-5-9-3-2(4(11)10-5)7-1-8-3;2-1(3)4/h1H,(H4,6,7,8,9,10,11);(H,2,3,4). The van der Waals surface area contributed by atoms with Crippen molar-refractivity contribution in [1.82, 2.24) is 19.9 Å². The van der Waals surface area contributed by atoms with Gasteiger partial charge in [-0.2, -0.15) is 4.98 Å². The van der Waals surface area contributed by atoms with Crippen molar-refractivity contribution >= 4 is 17.1 Å². The Kier molecular flexibility index (Phi) is 2.81. The molecule has 0 amide bonds. The highest BCUT2D eigenvalue weighted by atomic mass is 16.9. The first-order valence-electron chi connectivity index (χ1n) is 3.53. The van der Waals surface area contributed by atoms with Crippen LogP contribution in [0.25, 0.3) is 11.2 Å². The third-order valence-corrected chi connectivity index (χ3v) is 1.31. The number of aromatic nitrogens is 4. The molecule has 0 aliphatic carbocycles. The number of hydrogen-bond donors (Lipinski definition) is 4. The first kappa shape index (κ1) is 10.4. The van der Waals surface area contributed by atoms with E-state index in [1.807, 2.05) is 0 Å².